The molecule has 0 aromatic heterocycles. The van der Waals surface area contributed by atoms with Gasteiger partial charge in [0.2, 0.25) is 0 Å². The van der Waals surface area contributed by atoms with Crippen LogP contribution in [0.15, 0.2) is 60.8 Å². The lowest BCUT2D eigenvalue weighted by molar-refractivity contribution is -0.887. The highest BCUT2D eigenvalue weighted by Crippen LogP contribution is 2.15. The van der Waals surface area contributed by atoms with Crippen molar-refractivity contribution >= 4 is 17.9 Å². The van der Waals surface area contributed by atoms with Gasteiger partial charge in [0.25, 0.3) is 0 Å². The van der Waals surface area contributed by atoms with Gasteiger partial charge in [-0.3, -0.25) is 9.59 Å². The van der Waals surface area contributed by atoms with Gasteiger partial charge in [0, 0.05) is 19.3 Å². The van der Waals surface area contributed by atoms with E-state index in [0.29, 0.717) is 19.3 Å². The highest BCUT2D eigenvalue weighted by Gasteiger charge is 2.31. The van der Waals surface area contributed by atoms with Crippen molar-refractivity contribution in [3.63, 3.8) is 0 Å². The summed E-state index contributed by atoms with van der Waals surface area (Å²) in [5.41, 5.74) is 0. The number of rotatable bonds is 45. The molecule has 0 aliphatic heterocycles. The number of carbonyl (C=O) groups is 3. The van der Waals surface area contributed by atoms with Crippen LogP contribution in [0.4, 0.5) is 0 Å². The molecule has 2 unspecified atom stereocenters. The lowest BCUT2D eigenvalue weighted by Crippen LogP contribution is -2.50. The van der Waals surface area contributed by atoms with Gasteiger partial charge in [-0.15, -0.1) is 0 Å². The lowest BCUT2D eigenvalue weighted by atomic mass is 10.1. The molecular weight excluding hydrogens is 775 g/mol. The van der Waals surface area contributed by atoms with Crippen LogP contribution in [-0.2, 0) is 28.6 Å². The van der Waals surface area contributed by atoms with E-state index >= 15 is 0 Å². The first kappa shape index (κ1) is 59.0. The molecule has 1 N–H and O–H groups in total. The Hall–Kier alpha value is -2.97. The molecule has 0 bridgehead atoms. The Kier molecular flexibility index (Phi) is 42.5. The van der Waals surface area contributed by atoms with Gasteiger partial charge in [-0.2, -0.15) is 0 Å². The molecular formula is C54H96NO7+. The summed E-state index contributed by atoms with van der Waals surface area (Å²) in [6.07, 6.45) is 55.5. The van der Waals surface area contributed by atoms with Crippen molar-refractivity contribution in [2.75, 3.05) is 41.0 Å². The summed E-state index contributed by atoms with van der Waals surface area (Å²) in [5.74, 6) is -1.49. The Balaban J connectivity index is 4.28. The second kappa shape index (κ2) is 44.6. The SMILES string of the molecule is CC/C=C/C/C=C/C/C=C/CCCCCCCCCCCCC(=O)OCC(COCCC(C(=O)O)[N+](C)(C)C)OC(=O)CCCCCCC/C=C/C=C/CCCCCCCCC. The first-order valence-electron chi connectivity index (χ1n) is 25.3. The maximum Gasteiger partial charge on any atom is 0.362 e. The van der Waals surface area contributed by atoms with Crippen LogP contribution in [0.2, 0.25) is 0 Å². The maximum atomic E-state index is 12.8. The Morgan fingerprint density at radius 3 is 1.44 bits per heavy atom. The summed E-state index contributed by atoms with van der Waals surface area (Å²) in [6.45, 7) is 4.62. The molecule has 0 radical (unpaired) electrons. The lowest BCUT2D eigenvalue weighted by Gasteiger charge is -2.31. The van der Waals surface area contributed by atoms with Crippen molar-refractivity contribution in [1.82, 2.24) is 0 Å². The number of hydrogen-bond acceptors (Lipinski definition) is 6. The van der Waals surface area contributed by atoms with Gasteiger partial charge >= 0.3 is 17.9 Å². The average molecular weight is 871 g/mol. The third-order valence-corrected chi connectivity index (χ3v) is 11.2. The summed E-state index contributed by atoms with van der Waals surface area (Å²) < 4.78 is 17.3. The van der Waals surface area contributed by atoms with Crippen LogP contribution in [0.25, 0.3) is 0 Å². The Bertz CT molecular complexity index is 1200. The van der Waals surface area contributed by atoms with Gasteiger partial charge < -0.3 is 23.8 Å². The standard InChI is InChI=1S/C54H95NO7/c1-6-8-10-12-14-16-18-20-22-24-26-27-29-30-32-34-36-38-40-42-44-52(56)61-49-50(48-60-47-46-51(54(58)59)55(3,4)5)62-53(57)45-43-41-39-37-35-33-31-28-25-23-21-19-17-15-13-11-9-7-2/h8,10,14,16,20,22-23,25,28,31,50-51H,6-7,9,11-13,15,17-19,21,24,26-27,29-30,32-49H2,1-5H3/p+1/b10-8+,16-14+,22-20+,25-23+,31-28+. The van der Waals surface area contributed by atoms with Crippen molar-refractivity contribution < 1.29 is 38.2 Å². The molecule has 0 amide bonds. The quantitative estimate of drug-likeness (QED) is 0.0214. The van der Waals surface area contributed by atoms with E-state index in [0.717, 1.165) is 77.0 Å². The molecule has 8 nitrogen and oxygen atoms in total. The van der Waals surface area contributed by atoms with Crippen LogP contribution >= 0.6 is 0 Å². The summed E-state index contributed by atoms with van der Waals surface area (Å²) in [4.78, 5) is 37.1. The van der Waals surface area contributed by atoms with E-state index in [2.05, 4.69) is 74.6 Å². The predicted octanol–water partition coefficient (Wildman–Crippen LogP) is 14.5. The predicted molar refractivity (Wildman–Crippen MR) is 261 cm³/mol. The Labute approximate surface area is 381 Å². The topological polar surface area (TPSA) is 99.1 Å². The third-order valence-electron chi connectivity index (χ3n) is 11.2. The first-order valence-corrected chi connectivity index (χ1v) is 25.3. The zero-order valence-corrected chi connectivity index (χ0v) is 40.8. The van der Waals surface area contributed by atoms with E-state index in [9.17, 15) is 19.5 Å². The van der Waals surface area contributed by atoms with Gasteiger partial charge in [-0.05, 0) is 70.6 Å². The van der Waals surface area contributed by atoms with E-state index in [1.165, 1.54) is 103 Å². The Morgan fingerprint density at radius 1 is 0.516 bits per heavy atom. The summed E-state index contributed by atoms with van der Waals surface area (Å²) in [5, 5.41) is 9.65. The van der Waals surface area contributed by atoms with Crippen molar-refractivity contribution in [2.24, 2.45) is 0 Å². The van der Waals surface area contributed by atoms with E-state index < -0.39 is 18.1 Å². The summed E-state index contributed by atoms with van der Waals surface area (Å²) >= 11 is 0. The molecule has 2 atom stereocenters. The molecule has 62 heavy (non-hydrogen) atoms. The van der Waals surface area contributed by atoms with Crippen molar-refractivity contribution in [3.8, 4) is 0 Å². The number of carbonyl (C=O) groups excluding carboxylic acids is 2. The van der Waals surface area contributed by atoms with E-state index in [4.69, 9.17) is 14.2 Å². The normalized spacial score (nSPS) is 13.4. The summed E-state index contributed by atoms with van der Waals surface area (Å²) in [6, 6.07) is -0.620. The third kappa shape index (κ3) is 42.3. The van der Waals surface area contributed by atoms with E-state index in [1.807, 2.05) is 21.1 Å². The Morgan fingerprint density at radius 2 is 0.952 bits per heavy atom. The zero-order valence-electron chi connectivity index (χ0n) is 40.8. The maximum absolute atomic E-state index is 12.8. The highest BCUT2D eigenvalue weighted by molar-refractivity contribution is 5.72. The molecule has 0 saturated heterocycles. The van der Waals surface area contributed by atoms with E-state index in [-0.39, 0.29) is 36.2 Å². The number of unbranched alkanes of at least 4 members (excludes halogenated alkanes) is 22. The number of hydrogen-bond donors (Lipinski definition) is 1. The number of likely N-dealkylation sites (N-methyl/N-ethyl adjacent to an activating group) is 1. The molecule has 8 heteroatoms. The second-order valence-corrected chi connectivity index (χ2v) is 18.1. The first-order chi connectivity index (χ1) is 30.1. The number of carboxylic acids is 1. The van der Waals surface area contributed by atoms with Crippen LogP contribution in [0, 0.1) is 0 Å². The molecule has 0 saturated carbocycles. The average Bonchev–Trinajstić information content (AvgIpc) is 3.23. The fraction of sp³-hybridized carbons (Fsp3) is 0.759. The number of nitrogens with zero attached hydrogens (tertiary/aromatic N) is 1. The molecule has 0 aliphatic carbocycles. The van der Waals surface area contributed by atoms with Crippen molar-refractivity contribution in [3.05, 3.63) is 60.8 Å². The van der Waals surface area contributed by atoms with Gasteiger partial charge in [0.1, 0.15) is 6.61 Å². The number of ether oxygens (including phenoxy) is 3. The van der Waals surface area contributed by atoms with Crippen LogP contribution in [-0.4, -0.2) is 80.6 Å². The van der Waals surface area contributed by atoms with Crippen molar-refractivity contribution in [1.29, 1.82) is 0 Å². The number of quaternary nitrogens is 1. The largest absolute Gasteiger partial charge is 0.477 e. The van der Waals surface area contributed by atoms with Crippen LogP contribution in [0.3, 0.4) is 0 Å². The van der Waals surface area contributed by atoms with Gasteiger partial charge in [0.05, 0.1) is 34.4 Å². The highest BCUT2D eigenvalue weighted by atomic mass is 16.6. The van der Waals surface area contributed by atoms with Crippen LogP contribution in [0.5, 0.6) is 0 Å². The molecule has 0 aromatic rings. The van der Waals surface area contributed by atoms with Crippen molar-refractivity contribution in [2.45, 2.75) is 225 Å². The number of allylic oxidation sites excluding steroid dienone is 10. The fourth-order valence-corrected chi connectivity index (χ4v) is 7.27. The zero-order chi connectivity index (χ0) is 45.6. The van der Waals surface area contributed by atoms with Gasteiger partial charge in [0.15, 0.2) is 12.1 Å². The molecule has 0 aliphatic rings. The molecule has 0 spiro atoms. The smallest absolute Gasteiger partial charge is 0.362 e. The molecule has 0 fully saturated rings. The molecule has 0 rings (SSSR count). The molecule has 0 heterocycles. The number of carboxylic acid groups (broad SMARTS) is 1. The van der Waals surface area contributed by atoms with Gasteiger partial charge in [-0.25, -0.2) is 4.79 Å². The number of aliphatic carboxylic acids is 1. The minimum atomic E-state index is -0.878. The second-order valence-electron chi connectivity index (χ2n) is 18.1. The number of esters is 2. The summed E-state index contributed by atoms with van der Waals surface area (Å²) in [7, 11) is 5.53. The fourth-order valence-electron chi connectivity index (χ4n) is 7.27. The molecule has 0 aromatic carbocycles. The molecule has 358 valence electrons. The van der Waals surface area contributed by atoms with Gasteiger partial charge in [-0.1, -0.05) is 184 Å². The minimum absolute atomic E-state index is 0.0524. The monoisotopic (exact) mass is 871 g/mol. The van der Waals surface area contributed by atoms with E-state index in [1.54, 1.807) is 0 Å². The minimum Gasteiger partial charge on any atom is -0.477 e. The van der Waals surface area contributed by atoms with Crippen LogP contribution < -0.4 is 0 Å². The van der Waals surface area contributed by atoms with Crippen LogP contribution in [0.1, 0.15) is 213 Å².